The number of anilines is 1. The van der Waals surface area contributed by atoms with Crippen molar-refractivity contribution in [2.75, 3.05) is 12.3 Å². The van der Waals surface area contributed by atoms with E-state index < -0.39 is 5.78 Å². The first-order valence-electron chi connectivity index (χ1n) is 6.16. The van der Waals surface area contributed by atoms with Crippen molar-refractivity contribution in [1.82, 2.24) is 0 Å². The van der Waals surface area contributed by atoms with E-state index in [2.05, 4.69) is 0 Å². The van der Waals surface area contributed by atoms with E-state index in [0.29, 0.717) is 23.1 Å². The van der Waals surface area contributed by atoms with Gasteiger partial charge in [-0.15, -0.1) is 0 Å². The van der Waals surface area contributed by atoms with Gasteiger partial charge >= 0.3 is 0 Å². The minimum absolute atomic E-state index is 0.154. The summed E-state index contributed by atoms with van der Waals surface area (Å²) in [6, 6.07) is 7.92. The summed E-state index contributed by atoms with van der Waals surface area (Å²) in [5.41, 5.74) is 6.60. The Kier molecular flexibility index (Phi) is 4.99. The zero-order chi connectivity index (χ0) is 15.6. The Morgan fingerprint density at radius 1 is 1.14 bits per heavy atom. The van der Waals surface area contributed by atoms with Crippen molar-refractivity contribution in [3.05, 3.63) is 56.5 Å². The summed E-state index contributed by atoms with van der Waals surface area (Å²) < 4.78 is 5.45. The van der Waals surface area contributed by atoms with E-state index in [0.717, 1.165) is 0 Å². The molecule has 21 heavy (non-hydrogen) atoms. The van der Waals surface area contributed by atoms with Crippen molar-refractivity contribution < 1.29 is 9.53 Å². The number of benzene rings is 2. The molecule has 2 aromatic rings. The maximum atomic E-state index is 12.7. The second kappa shape index (κ2) is 6.56. The minimum Gasteiger partial charge on any atom is -0.493 e. The number of hydrogen-bond donors (Lipinski definition) is 1. The molecule has 0 aromatic heterocycles. The fraction of sp³-hybridized carbons (Fsp3) is 0.133. The van der Waals surface area contributed by atoms with Crippen LogP contribution >= 0.6 is 34.8 Å². The van der Waals surface area contributed by atoms with Crippen molar-refractivity contribution in [1.29, 1.82) is 0 Å². The van der Waals surface area contributed by atoms with Gasteiger partial charge in [0.05, 0.1) is 27.8 Å². The van der Waals surface area contributed by atoms with E-state index in [1.165, 1.54) is 12.1 Å². The highest BCUT2D eigenvalue weighted by Crippen LogP contribution is 2.34. The van der Waals surface area contributed by atoms with Crippen LogP contribution in [0.15, 0.2) is 30.3 Å². The van der Waals surface area contributed by atoms with Crippen LogP contribution in [0.3, 0.4) is 0 Å². The fourth-order valence-corrected chi connectivity index (χ4v) is 2.94. The van der Waals surface area contributed by atoms with Crippen molar-refractivity contribution >= 4 is 46.3 Å². The van der Waals surface area contributed by atoms with E-state index in [1.54, 1.807) is 18.2 Å². The van der Waals surface area contributed by atoms with Crippen molar-refractivity contribution in [2.24, 2.45) is 0 Å². The predicted molar refractivity (Wildman–Crippen MR) is 86.9 cm³/mol. The molecule has 110 valence electrons. The summed E-state index contributed by atoms with van der Waals surface area (Å²) in [5.74, 6) is -0.00667. The standard InChI is InChI=1S/C15H12Cl3NO2/c1-2-21-12-5-3-4-11(19)14(12)15(20)13-9(17)6-8(16)7-10(13)18/h3-7H,2,19H2,1H3. The number of ether oxygens (including phenoxy) is 1. The first-order valence-corrected chi connectivity index (χ1v) is 7.29. The molecule has 2 N–H and O–H groups in total. The smallest absolute Gasteiger partial charge is 0.201 e. The molecule has 6 heteroatoms. The number of carbonyl (C=O) groups excluding carboxylic acids is 1. The Morgan fingerprint density at radius 3 is 2.33 bits per heavy atom. The molecule has 0 atom stereocenters. The van der Waals surface area contributed by atoms with Gasteiger partial charge in [-0.3, -0.25) is 4.79 Å². The number of carbonyl (C=O) groups is 1. The van der Waals surface area contributed by atoms with E-state index in [-0.39, 0.29) is 21.2 Å². The molecule has 0 spiro atoms. The van der Waals surface area contributed by atoms with Gasteiger partial charge in [0.1, 0.15) is 5.75 Å². The van der Waals surface area contributed by atoms with Crippen LogP contribution in [0.5, 0.6) is 5.75 Å². The average Bonchev–Trinajstić information content (AvgIpc) is 2.37. The number of ketones is 1. The topological polar surface area (TPSA) is 52.3 Å². The molecular formula is C15H12Cl3NO2. The van der Waals surface area contributed by atoms with Gasteiger partial charge in [-0.1, -0.05) is 40.9 Å². The SMILES string of the molecule is CCOc1cccc(N)c1C(=O)c1c(Cl)cc(Cl)cc1Cl. The van der Waals surface area contributed by atoms with Gasteiger partial charge < -0.3 is 10.5 Å². The van der Waals surface area contributed by atoms with E-state index >= 15 is 0 Å². The van der Waals surface area contributed by atoms with Crippen molar-refractivity contribution in [3.8, 4) is 5.75 Å². The third kappa shape index (κ3) is 3.26. The molecule has 0 radical (unpaired) electrons. The Labute approximate surface area is 137 Å². The lowest BCUT2D eigenvalue weighted by atomic mass is 10.0. The van der Waals surface area contributed by atoms with Crippen LogP contribution in [0, 0.1) is 0 Å². The third-order valence-electron chi connectivity index (χ3n) is 2.82. The molecule has 2 rings (SSSR count). The molecule has 0 aliphatic rings. The zero-order valence-corrected chi connectivity index (χ0v) is 13.4. The Balaban J connectivity index is 2.61. The summed E-state index contributed by atoms with van der Waals surface area (Å²) in [6.07, 6.45) is 0. The molecule has 3 nitrogen and oxygen atoms in total. The second-order valence-corrected chi connectivity index (χ2v) is 5.48. The molecule has 0 aliphatic carbocycles. The Morgan fingerprint density at radius 2 is 1.76 bits per heavy atom. The fourth-order valence-electron chi connectivity index (χ4n) is 1.95. The van der Waals surface area contributed by atoms with Crippen LogP contribution in [-0.4, -0.2) is 12.4 Å². The number of hydrogen-bond acceptors (Lipinski definition) is 3. The summed E-state index contributed by atoms with van der Waals surface area (Å²) in [5, 5.41) is 0.694. The van der Waals surface area contributed by atoms with E-state index in [4.69, 9.17) is 45.3 Å². The lowest BCUT2D eigenvalue weighted by Gasteiger charge is -2.13. The number of rotatable bonds is 4. The second-order valence-electron chi connectivity index (χ2n) is 4.23. The maximum absolute atomic E-state index is 12.7. The average molecular weight is 345 g/mol. The molecule has 0 unspecified atom stereocenters. The maximum Gasteiger partial charge on any atom is 0.201 e. The molecule has 2 aromatic carbocycles. The summed E-state index contributed by atoms with van der Waals surface area (Å²) >= 11 is 18.0. The van der Waals surface area contributed by atoms with Gasteiger partial charge in [0.15, 0.2) is 0 Å². The molecular weight excluding hydrogens is 333 g/mol. The lowest BCUT2D eigenvalue weighted by Crippen LogP contribution is -2.10. The van der Waals surface area contributed by atoms with E-state index in [1.807, 2.05) is 6.92 Å². The Hall–Kier alpha value is -1.42. The van der Waals surface area contributed by atoms with Crippen molar-refractivity contribution in [2.45, 2.75) is 6.92 Å². The Bertz CT molecular complexity index is 678. The highest BCUT2D eigenvalue weighted by Gasteiger charge is 2.23. The highest BCUT2D eigenvalue weighted by molar-refractivity contribution is 6.43. The van der Waals surface area contributed by atoms with Gasteiger partial charge in [-0.25, -0.2) is 0 Å². The molecule has 0 aliphatic heterocycles. The largest absolute Gasteiger partial charge is 0.493 e. The van der Waals surface area contributed by atoms with Gasteiger partial charge in [-0.2, -0.15) is 0 Å². The number of halogens is 3. The lowest BCUT2D eigenvalue weighted by molar-refractivity contribution is 0.103. The van der Waals surface area contributed by atoms with Crippen LogP contribution in [-0.2, 0) is 0 Å². The van der Waals surface area contributed by atoms with E-state index in [9.17, 15) is 4.79 Å². The first kappa shape index (κ1) is 16.0. The molecule has 0 bridgehead atoms. The normalized spacial score (nSPS) is 10.5. The van der Waals surface area contributed by atoms with Gasteiger partial charge in [0.25, 0.3) is 0 Å². The van der Waals surface area contributed by atoms with Crippen molar-refractivity contribution in [3.63, 3.8) is 0 Å². The minimum atomic E-state index is -0.400. The monoisotopic (exact) mass is 343 g/mol. The van der Waals surface area contributed by atoms with Crippen LogP contribution in [0.25, 0.3) is 0 Å². The zero-order valence-electron chi connectivity index (χ0n) is 11.1. The summed E-state index contributed by atoms with van der Waals surface area (Å²) in [4.78, 5) is 12.7. The first-order chi connectivity index (χ1) is 9.95. The highest BCUT2D eigenvalue weighted by atomic mass is 35.5. The summed E-state index contributed by atoms with van der Waals surface area (Å²) in [7, 11) is 0. The van der Waals surface area contributed by atoms with Crippen LogP contribution in [0.2, 0.25) is 15.1 Å². The molecule has 0 amide bonds. The third-order valence-corrected chi connectivity index (χ3v) is 3.63. The van der Waals surface area contributed by atoms with Gasteiger partial charge in [-0.05, 0) is 31.2 Å². The van der Waals surface area contributed by atoms with Crippen LogP contribution in [0.1, 0.15) is 22.8 Å². The number of nitrogen functional groups attached to an aromatic ring is 1. The molecule has 0 saturated carbocycles. The summed E-state index contributed by atoms with van der Waals surface area (Å²) in [6.45, 7) is 2.23. The van der Waals surface area contributed by atoms with Gasteiger partial charge in [0, 0.05) is 10.7 Å². The van der Waals surface area contributed by atoms with Gasteiger partial charge in [0.2, 0.25) is 5.78 Å². The quantitative estimate of drug-likeness (QED) is 0.636. The number of nitrogens with two attached hydrogens (primary N) is 1. The molecule has 0 saturated heterocycles. The molecule has 0 fully saturated rings. The van der Waals surface area contributed by atoms with Crippen LogP contribution < -0.4 is 10.5 Å². The molecule has 0 heterocycles. The predicted octanol–water partition coefficient (Wildman–Crippen LogP) is 4.86. The van der Waals surface area contributed by atoms with Crippen LogP contribution in [0.4, 0.5) is 5.69 Å².